The van der Waals surface area contributed by atoms with Gasteiger partial charge in [-0.1, -0.05) is 18.2 Å². The Balaban J connectivity index is 2.32. The summed E-state index contributed by atoms with van der Waals surface area (Å²) in [6.07, 6.45) is 1.12. The fraction of sp³-hybridized carbons (Fsp3) is 0.562. The minimum atomic E-state index is -0.166. The van der Waals surface area contributed by atoms with Crippen molar-refractivity contribution >= 4 is 5.91 Å². The van der Waals surface area contributed by atoms with Crippen LogP contribution in [-0.4, -0.2) is 36.5 Å². The summed E-state index contributed by atoms with van der Waals surface area (Å²) in [5.41, 5.74) is 0.711. The van der Waals surface area contributed by atoms with E-state index in [1.54, 1.807) is 12.1 Å². The first-order valence-electron chi connectivity index (χ1n) is 7.33. The van der Waals surface area contributed by atoms with Crippen LogP contribution >= 0.6 is 0 Å². The molecular formula is C16H25FN2O. The molecule has 112 valence electrons. The van der Waals surface area contributed by atoms with Crippen molar-refractivity contribution in [3.8, 4) is 0 Å². The van der Waals surface area contributed by atoms with Crippen LogP contribution in [0.5, 0.6) is 0 Å². The average Bonchev–Trinajstić information content (AvgIpc) is 2.43. The van der Waals surface area contributed by atoms with Crippen LogP contribution in [0, 0.1) is 5.82 Å². The number of halogens is 1. The summed E-state index contributed by atoms with van der Waals surface area (Å²) in [6, 6.07) is 6.96. The summed E-state index contributed by atoms with van der Waals surface area (Å²) in [7, 11) is 0. The Kier molecular flexibility index (Phi) is 7.23. The van der Waals surface area contributed by atoms with Gasteiger partial charge in [-0.2, -0.15) is 0 Å². The van der Waals surface area contributed by atoms with Gasteiger partial charge in [0.05, 0.1) is 0 Å². The third-order valence-corrected chi connectivity index (χ3v) is 3.43. The van der Waals surface area contributed by atoms with E-state index < -0.39 is 0 Å². The fourth-order valence-corrected chi connectivity index (χ4v) is 2.23. The van der Waals surface area contributed by atoms with Gasteiger partial charge in [0.1, 0.15) is 5.82 Å². The Hall–Kier alpha value is -1.42. The number of nitrogens with one attached hydrogen (secondary N) is 1. The predicted octanol–water partition coefficient (Wildman–Crippen LogP) is 2.60. The quantitative estimate of drug-likeness (QED) is 0.794. The molecule has 0 saturated heterocycles. The Morgan fingerprint density at radius 3 is 2.55 bits per heavy atom. The number of hydrogen-bond acceptors (Lipinski definition) is 2. The number of rotatable bonds is 8. The molecule has 1 aromatic rings. The standard InChI is InChI=1S/C16H25FN2O/c1-4-19(5-2)16(20)10-11-18-13(3)12-14-8-6-7-9-15(14)17/h6-9,13,18H,4-5,10-12H2,1-3H3. The van der Waals surface area contributed by atoms with Gasteiger partial charge in [0.2, 0.25) is 5.91 Å². The molecule has 1 rings (SSSR count). The van der Waals surface area contributed by atoms with Crippen LogP contribution in [0.3, 0.4) is 0 Å². The van der Waals surface area contributed by atoms with Gasteiger partial charge in [0, 0.05) is 32.1 Å². The number of benzene rings is 1. The molecule has 0 radical (unpaired) electrons. The summed E-state index contributed by atoms with van der Waals surface area (Å²) < 4.78 is 13.5. The van der Waals surface area contributed by atoms with Gasteiger partial charge in [-0.15, -0.1) is 0 Å². The topological polar surface area (TPSA) is 32.3 Å². The molecule has 1 aromatic carbocycles. The first-order valence-corrected chi connectivity index (χ1v) is 7.33. The maximum atomic E-state index is 13.5. The van der Waals surface area contributed by atoms with Crippen molar-refractivity contribution in [1.29, 1.82) is 0 Å². The molecular weight excluding hydrogens is 255 g/mol. The molecule has 1 atom stereocenters. The summed E-state index contributed by atoms with van der Waals surface area (Å²) in [5.74, 6) is 0.000888. The molecule has 4 heteroatoms. The lowest BCUT2D eigenvalue weighted by molar-refractivity contribution is -0.130. The molecule has 0 spiro atoms. The van der Waals surface area contributed by atoms with Gasteiger partial charge in [-0.05, 0) is 38.8 Å². The first kappa shape index (κ1) is 16.6. The maximum Gasteiger partial charge on any atom is 0.223 e. The Labute approximate surface area is 121 Å². The van der Waals surface area contributed by atoms with E-state index in [0.29, 0.717) is 24.9 Å². The van der Waals surface area contributed by atoms with Crippen molar-refractivity contribution in [1.82, 2.24) is 10.2 Å². The first-order chi connectivity index (χ1) is 9.58. The lowest BCUT2D eigenvalue weighted by atomic mass is 10.1. The van der Waals surface area contributed by atoms with Crippen molar-refractivity contribution < 1.29 is 9.18 Å². The minimum Gasteiger partial charge on any atom is -0.343 e. The Morgan fingerprint density at radius 1 is 1.30 bits per heavy atom. The fourth-order valence-electron chi connectivity index (χ4n) is 2.23. The zero-order valence-corrected chi connectivity index (χ0v) is 12.7. The van der Waals surface area contributed by atoms with E-state index in [0.717, 1.165) is 13.1 Å². The van der Waals surface area contributed by atoms with Gasteiger partial charge >= 0.3 is 0 Å². The van der Waals surface area contributed by atoms with Crippen LogP contribution in [0.25, 0.3) is 0 Å². The van der Waals surface area contributed by atoms with Crippen molar-refractivity contribution in [3.05, 3.63) is 35.6 Å². The Bertz CT molecular complexity index is 419. The SMILES string of the molecule is CCN(CC)C(=O)CCNC(C)Cc1ccccc1F. The molecule has 1 amide bonds. The second-order valence-corrected chi connectivity index (χ2v) is 4.97. The van der Waals surface area contributed by atoms with Crippen LogP contribution in [-0.2, 0) is 11.2 Å². The van der Waals surface area contributed by atoms with Crippen LogP contribution in [0.15, 0.2) is 24.3 Å². The zero-order valence-electron chi connectivity index (χ0n) is 12.7. The van der Waals surface area contributed by atoms with Gasteiger partial charge in [-0.3, -0.25) is 4.79 Å². The highest BCUT2D eigenvalue weighted by Gasteiger charge is 2.11. The normalized spacial score (nSPS) is 12.2. The zero-order chi connectivity index (χ0) is 15.0. The van der Waals surface area contributed by atoms with Crippen LogP contribution < -0.4 is 5.32 Å². The lowest BCUT2D eigenvalue weighted by Gasteiger charge is -2.19. The van der Waals surface area contributed by atoms with E-state index in [1.807, 2.05) is 31.7 Å². The molecule has 0 bridgehead atoms. The average molecular weight is 280 g/mol. The summed E-state index contributed by atoms with van der Waals surface area (Å²) in [4.78, 5) is 13.6. The molecule has 0 saturated carbocycles. The van der Waals surface area contributed by atoms with Crippen LogP contribution in [0.1, 0.15) is 32.8 Å². The smallest absolute Gasteiger partial charge is 0.223 e. The summed E-state index contributed by atoms with van der Waals surface area (Å²) in [5, 5.41) is 3.28. The van der Waals surface area contributed by atoms with Crippen LogP contribution in [0.2, 0.25) is 0 Å². The lowest BCUT2D eigenvalue weighted by Crippen LogP contribution is -2.35. The number of nitrogens with zero attached hydrogens (tertiary/aromatic N) is 1. The molecule has 20 heavy (non-hydrogen) atoms. The van der Waals surface area contributed by atoms with E-state index in [9.17, 15) is 9.18 Å². The number of amides is 1. The molecule has 0 aliphatic heterocycles. The van der Waals surface area contributed by atoms with Gasteiger partial charge in [-0.25, -0.2) is 4.39 Å². The van der Waals surface area contributed by atoms with Crippen LogP contribution in [0.4, 0.5) is 4.39 Å². The largest absolute Gasteiger partial charge is 0.343 e. The van der Waals surface area contributed by atoms with Crippen molar-refractivity contribution in [3.63, 3.8) is 0 Å². The number of hydrogen-bond donors (Lipinski definition) is 1. The molecule has 0 aliphatic rings. The second-order valence-electron chi connectivity index (χ2n) is 4.97. The predicted molar refractivity (Wildman–Crippen MR) is 80.1 cm³/mol. The molecule has 0 fully saturated rings. The van der Waals surface area contributed by atoms with E-state index in [1.165, 1.54) is 6.07 Å². The third kappa shape index (κ3) is 5.29. The number of carbonyl (C=O) groups is 1. The minimum absolute atomic E-state index is 0.149. The highest BCUT2D eigenvalue weighted by molar-refractivity contribution is 5.76. The third-order valence-electron chi connectivity index (χ3n) is 3.43. The second kappa shape index (κ2) is 8.69. The summed E-state index contributed by atoms with van der Waals surface area (Å²) in [6.45, 7) is 8.10. The highest BCUT2D eigenvalue weighted by Crippen LogP contribution is 2.08. The van der Waals surface area contributed by atoms with Gasteiger partial charge < -0.3 is 10.2 Å². The van der Waals surface area contributed by atoms with E-state index in [-0.39, 0.29) is 17.8 Å². The van der Waals surface area contributed by atoms with Gasteiger partial charge in [0.25, 0.3) is 0 Å². The van der Waals surface area contributed by atoms with E-state index in [2.05, 4.69) is 5.32 Å². The molecule has 1 N–H and O–H groups in total. The van der Waals surface area contributed by atoms with E-state index >= 15 is 0 Å². The van der Waals surface area contributed by atoms with Gasteiger partial charge in [0.15, 0.2) is 0 Å². The molecule has 0 aliphatic carbocycles. The monoisotopic (exact) mass is 280 g/mol. The maximum absolute atomic E-state index is 13.5. The highest BCUT2D eigenvalue weighted by atomic mass is 19.1. The molecule has 0 heterocycles. The molecule has 3 nitrogen and oxygen atoms in total. The Morgan fingerprint density at radius 2 is 1.95 bits per heavy atom. The van der Waals surface area contributed by atoms with E-state index in [4.69, 9.17) is 0 Å². The van der Waals surface area contributed by atoms with Crippen molar-refractivity contribution in [2.24, 2.45) is 0 Å². The summed E-state index contributed by atoms with van der Waals surface area (Å²) >= 11 is 0. The number of carbonyl (C=O) groups excluding carboxylic acids is 1. The van der Waals surface area contributed by atoms with Crippen molar-refractivity contribution in [2.75, 3.05) is 19.6 Å². The van der Waals surface area contributed by atoms with Crippen molar-refractivity contribution in [2.45, 2.75) is 39.7 Å². The molecule has 0 aromatic heterocycles. The molecule has 1 unspecified atom stereocenters.